The number of hydrogen-bond donors (Lipinski definition) is 2. The zero-order valence-electron chi connectivity index (χ0n) is 16.9. The molecule has 0 radical (unpaired) electrons. The Balaban J connectivity index is 1.46. The fraction of sp³-hybridized carbons (Fsp3) is 0.286. The highest BCUT2D eigenvalue weighted by atomic mass is 19.4. The van der Waals surface area contributed by atoms with E-state index >= 15 is 0 Å². The van der Waals surface area contributed by atoms with E-state index in [1.807, 2.05) is 0 Å². The topological polar surface area (TPSA) is 111 Å². The summed E-state index contributed by atoms with van der Waals surface area (Å²) in [5.74, 6) is -3.39. The van der Waals surface area contributed by atoms with Crippen LogP contribution in [-0.4, -0.2) is 42.1 Å². The van der Waals surface area contributed by atoms with E-state index in [1.165, 1.54) is 12.1 Å². The third-order valence-corrected chi connectivity index (χ3v) is 5.18. The number of rotatable bonds is 5. The van der Waals surface area contributed by atoms with Gasteiger partial charge in [0.1, 0.15) is 11.3 Å². The molecule has 2 heterocycles. The maximum atomic E-state index is 12.8. The van der Waals surface area contributed by atoms with Crippen molar-refractivity contribution in [1.82, 2.24) is 5.32 Å². The number of para-hydroxylation sites is 1. The van der Waals surface area contributed by atoms with Gasteiger partial charge < -0.3 is 24.5 Å². The quantitative estimate of drug-likeness (QED) is 0.518. The van der Waals surface area contributed by atoms with Crippen LogP contribution in [0.25, 0.3) is 0 Å². The largest absolute Gasteiger partial charge is 0.547 e. The number of esters is 2. The minimum absolute atomic E-state index is 0.00778. The number of ether oxygens (including phenoxy) is 2. The zero-order valence-corrected chi connectivity index (χ0v) is 16.9. The summed E-state index contributed by atoms with van der Waals surface area (Å²) >= 11 is 0. The Hall–Kier alpha value is -3.54. The van der Waals surface area contributed by atoms with E-state index in [2.05, 4.69) is 5.32 Å². The van der Waals surface area contributed by atoms with Gasteiger partial charge in [-0.1, -0.05) is 30.3 Å². The van der Waals surface area contributed by atoms with Gasteiger partial charge >= 0.3 is 25.2 Å². The lowest BCUT2D eigenvalue weighted by Crippen LogP contribution is -2.53. The third-order valence-electron chi connectivity index (χ3n) is 5.18. The molecule has 33 heavy (non-hydrogen) atoms. The molecule has 12 heteroatoms. The molecule has 2 aromatic rings. The highest BCUT2D eigenvalue weighted by Gasteiger charge is 2.40. The Morgan fingerprint density at radius 3 is 2.70 bits per heavy atom. The summed E-state index contributed by atoms with van der Waals surface area (Å²) in [6.07, 6.45) is -7.78. The number of alkyl halides is 3. The van der Waals surface area contributed by atoms with Crippen molar-refractivity contribution in [2.75, 3.05) is 0 Å². The molecule has 2 aromatic carbocycles. The zero-order chi connectivity index (χ0) is 23.8. The SMILES string of the molecule is O=C(CCC(F)(F)F)NC1Cc2cccc(C(=O)OC3OC(=O)c4ccccc43)c2OB1O. The number of benzene rings is 2. The molecule has 0 fully saturated rings. The molecule has 0 saturated heterocycles. The standard InChI is InChI=1S/C21H17BF3NO7/c23-21(24,25)9-8-16(27)26-15-10-11-4-3-7-14(17(11)33-22(15)30)19(29)32-20-13-6-2-1-5-12(13)18(28)31-20/h1-7,15,20,30H,8-10H2,(H,26,27). The second kappa shape index (κ2) is 8.78. The molecule has 2 N–H and O–H groups in total. The molecular formula is C21H17BF3NO7. The van der Waals surface area contributed by atoms with Gasteiger partial charge in [0.15, 0.2) is 0 Å². The molecule has 0 saturated carbocycles. The Bertz CT molecular complexity index is 1110. The molecule has 0 spiro atoms. The first-order chi connectivity index (χ1) is 15.6. The van der Waals surface area contributed by atoms with Crippen molar-refractivity contribution in [2.45, 2.75) is 37.7 Å². The minimum atomic E-state index is -4.48. The normalized spacial score (nSPS) is 19.2. The lowest BCUT2D eigenvalue weighted by molar-refractivity contribution is -0.144. The van der Waals surface area contributed by atoms with Crippen LogP contribution in [0, 0.1) is 0 Å². The van der Waals surface area contributed by atoms with Gasteiger partial charge in [-0.3, -0.25) is 4.79 Å². The van der Waals surface area contributed by atoms with Gasteiger partial charge in [0.05, 0.1) is 17.9 Å². The first kappa shape index (κ1) is 22.7. The number of hydrogen-bond acceptors (Lipinski definition) is 7. The van der Waals surface area contributed by atoms with Crippen LogP contribution in [0.5, 0.6) is 5.75 Å². The number of fused-ring (bicyclic) bond motifs is 2. The summed E-state index contributed by atoms with van der Waals surface area (Å²) in [6.45, 7) is 0. The number of cyclic esters (lactones) is 1. The summed E-state index contributed by atoms with van der Waals surface area (Å²) in [4.78, 5) is 36.5. The molecule has 172 valence electrons. The summed E-state index contributed by atoms with van der Waals surface area (Å²) in [6, 6.07) is 10.9. The second-order valence-electron chi connectivity index (χ2n) is 7.53. The van der Waals surface area contributed by atoms with Crippen LogP contribution in [0.15, 0.2) is 42.5 Å². The van der Waals surface area contributed by atoms with Crippen molar-refractivity contribution in [2.24, 2.45) is 0 Å². The molecule has 4 rings (SSSR count). The lowest BCUT2D eigenvalue weighted by atomic mass is 9.72. The van der Waals surface area contributed by atoms with Crippen molar-refractivity contribution in [3.63, 3.8) is 0 Å². The van der Waals surface area contributed by atoms with Gasteiger partial charge in [0, 0.05) is 12.0 Å². The van der Waals surface area contributed by atoms with Crippen LogP contribution in [0.1, 0.15) is 51.0 Å². The average molecular weight is 463 g/mol. The molecule has 0 aliphatic carbocycles. The van der Waals surface area contributed by atoms with Crippen molar-refractivity contribution in [3.8, 4) is 5.75 Å². The molecule has 2 atom stereocenters. The monoisotopic (exact) mass is 463 g/mol. The number of carbonyl (C=O) groups is 3. The van der Waals surface area contributed by atoms with Crippen LogP contribution in [0.4, 0.5) is 13.2 Å². The molecule has 0 bridgehead atoms. The van der Waals surface area contributed by atoms with E-state index < -0.39 is 56.2 Å². The number of halogens is 3. The maximum absolute atomic E-state index is 12.8. The Morgan fingerprint density at radius 2 is 1.94 bits per heavy atom. The van der Waals surface area contributed by atoms with Gasteiger partial charge in [-0.25, -0.2) is 9.59 Å². The van der Waals surface area contributed by atoms with Crippen molar-refractivity contribution >= 4 is 25.0 Å². The fourth-order valence-corrected chi connectivity index (χ4v) is 3.60. The summed E-state index contributed by atoms with van der Waals surface area (Å²) < 4.78 is 52.8. The molecular weight excluding hydrogens is 446 g/mol. The van der Waals surface area contributed by atoms with E-state index in [9.17, 15) is 32.6 Å². The van der Waals surface area contributed by atoms with Crippen molar-refractivity contribution in [3.05, 3.63) is 64.7 Å². The number of amides is 1. The smallest absolute Gasteiger partial charge is 0.534 e. The van der Waals surface area contributed by atoms with Crippen LogP contribution in [-0.2, 0) is 20.7 Å². The van der Waals surface area contributed by atoms with Gasteiger partial charge in [0.2, 0.25) is 5.91 Å². The van der Waals surface area contributed by atoms with Crippen LogP contribution in [0.2, 0.25) is 0 Å². The molecule has 2 aliphatic heterocycles. The summed E-state index contributed by atoms with van der Waals surface area (Å²) in [7, 11) is -1.61. The average Bonchev–Trinajstić information content (AvgIpc) is 3.07. The number of nitrogens with one attached hydrogen (secondary N) is 1. The lowest BCUT2D eigenvalue weighted by Gasteiger charge is -2.29. The maximum Gasteiger partial charge on any atom is 0.547 e. The minimum Gasteiger partial charge on any atom is -0.534 e. The number of carbonyl (C=O) groups excluding carboxylic acids is 3. The van der Waals surface area contributed by atoms with Crippen molar-refractivity contribution in [1.29, 1.82) is 0 Å². The molecule has 2 aliphatic rings. The van der Waals surface area contributed by atoms with Gasteiger partial charge in [-0.05, 0) is 24.1 Å². The predicted molar refractivity (Wildman–Crippen MR) is 106 cm³/mol. The van der Waals surface area contributed by atoms with E-state index in [4.69, 9.17) is 14.1 Å². The second-order valence-corrected chi connectivity index (χ2v) is 7.53. The Labute approximate surface area is 185 Å². The van der Waals surface area contributed by atoms with Gasteiger partial charge in [-0.2, -0.15) is 13.2 Å². The molecule has 2 unspecified atom stereocenters. The predicted octanol–water partition coefficient (Wildman–Crippen LogP) is 2.49. The summed E-state index contributed by atoms with van der Waals surface area (Å²) in [5.41, 5.74) is 1.05. The Kier molecular flexibility index (Phi) is 6.02. The fourth-order valence-electron chi connectivity index (χ4n) is 3.60. The van der Waals surface area contributed by atoms with Crippen LogP contribution >= 0.6 is 0 Å². The molecule has 0 aromatic heterocycles. The Morgan fingerprint density at radius 1 is 1.18 bits per heavy atom. The van der Waals surface area contributed by atoms with Crippen molar-refractivity contribution < 1.29 is 46.7 Å². The van der Waals surface area contributed by atoms with E-state index in [1.54, 1.807) is 30.3 Å². The molecule has 8 nitrogen and oxygen atoms in total. The highest BCUT2D eigenvalue weighted by Crippen LogP contribution is 2.35. The first-order valence-corrected chi connectivity index (χ1v) is 9.96. The summed E-state index contributed by atoms with van der Waals surface area (Å²) in [5, 5.41) is 12.6. The van der Waals surface area contributed by atoms with E-state index in [-0.39, 0.29) is 23.3 Å². The van der Waals surface area contributed by atoms with Gasteiger partial charge in [0.25, 0.3) is 6.29 Å². The third kappa shape index (κ3) is 4.95. The van der Waals surface area contributed by atoms with Crippen LogP contribution < -0.4 is 9.97 Å². The van der Waals surface area contributed by atoms with E-state index in [0.29, 0.717) is 11.1 Å². The van der Waals surface area contributed by atoms with Gasteiger partial charge in [-0.15, -0.1) is 0 Å². The molecule has 1 amide bonds. The van der Waals surface area contributed by atoms with Crippen LogP contribution in [0.3, 0.4) is 0 Å². The first-order valence-electron chi connectivity index (χ1n) is 9.96. The van der Waals surface area contributed by atoms with E-state index in [0.717, 1.165) is 0 Å². The highest BCUT2D eigenvalue weighted by molar-refractivity contribution is 6.47.